The van der Waals surface area contributed by atoms with Crippen LogP contribution in [0.25, 0.3) is 0 Å². The lowest BCUT2D eigenvalue weighted by atomic mass is 10.1. The molecule has 9 nitrogen and oxygen atoms in total. The molecule has 1 amide bonds. The second-order valence-corrected chi connectivity index (χ2v) is 8.39. The Labute approximate surface area is 185 Å². The van der Waals surface area contributed by atoms with Crippen molar-refractivity contribution in [2.24, 2.45) is 0 Å². The number of carbonyl (C=O) groups is 2. The van der Waals surface area contributed by atoms with Crippen molar-refractivity contribution >= 4 is 18.2 Å². The van der Waals surface area contributed by atoms with E-state index in [0.717, 1.165) is 6.20 Å². The Morgan fingerprint density at radius 1 is 1.31 bits per heavy atom. The third kappa shape index (κ3) is 5.70. The van der Waals surface area contributed by atoms with Gasteiger partial charge in [0.05, 0.1) is 24.4 Å². The smallest absolute Gasteiger partial charge is 0.410 e. The number of aliphatic hydroxyl groups is 1. The number of hydrogen-bond acceptors (Lipinski definition) is 8. The maximum Gasteiger partial charge on any atom is 0.410 e. The number of rotatable bonds is 6. The van der Waals surface area contributed by atoms with Crippen LogP contribution >= 0.6 is 0 Å². The minimum Gasteiger partial charge on any atom is -0.473 e. The molecule has 1 fully saturated rings. The average molecular weight is 446 g/mol. The van der Waals surface area contributed by atoms with Crippen LogP contribution in [0, 0.1) is 5.82 Å². The van der Waals surface area contributed by atoms with Crippen molar-refractivity contribution in [3.63, 3.8) is 0 Å². The Balaban J connectivity index is 1.77. The number of amides is 1. The molecule has 0 aliphatic carbocycles. The van der Waals surface area contributed by atoms with Crippen molar-refractivity contribution < 1.29 is 28.6 Å². The molecular formula is C22H27FN4O5. The van der Waals surface area contributed by atoms with Crippen LogP contribution in [-0.2, 0) is 11.3 Å². The Morgan fingerprint density at radius 3 is 2.75 bits per heavy atom. The molecule has 10 heteroatoms. The highest BCUT2D eigenvalue weighted by atomic mass is 19.1. The molecule has 1 N–H and O–H groups in total. The molecule has 3 rings (SSSR count). The second-order valence-electron chi connectivity index (χ2n) is 8.39. The van der Waals surface area contributed by atoms with E-state index in [4.69, 9.17) is 9.47 Å². The quantitative estimate of drug-likeness (QED) is 0.675. The van der Waals surface area contributed by atoms with Gasteiger partial charge in [-0.05, 0) is 32.9 Å². The van der Waals surface area contributed by atoms with Crippen LogP contribution in [0.2, 0.25) is 0 Å². The molecule has 172 valence electrons. The second kappa shape index (κ2) is 9.90. The van der Waals surface area contributed by atoms with Gasteiger partial charge in [-0.3, -0.25) is 9.78 Å². The van der Waals surface area contributed by atoms with E-state index in [-0.39, 0.29) is 25.6 Å². The summed E-state index contributed by atoms with van der Waals surface area (Å²) in [6, 6.07) is 4.10. The minimum atomic E-state index is -0.630. The molecule has 0 radical (unpaired) electrons. The molecule has 0 saturated carbocycles. The molecular weight excluding hydrogens is 419 g/mol. The van der Waals surface area contributed by atoms with Crippen LogP contribution in [0.4, 0.5) is 15.0 Å². The molecule has 32 heavy (non-hydrogen) atoms. The zero-order valence-electron chi connectivity index (χ0n) is 18.3. The summed E-state index contributed by atoms with van der Waals surface area (Å²) < 4.78 is 24.8. The van der Waals surface area contributed by atoms with Gasteiger partial charge in [0.25, 0.3) is 0 Å². The molecule has 2 aromatic rings. The van der Waals surface area contributed by atoms with E-state index in [1.54, 1.807) is 31.7 Å². The van der Waals surface area contributed by atoms with Crippen LogP contribution in [-0.4, -0.2) is 70.2 Å². The van der Waals surface area contributed by atoms with Crippen molar-refractivity contribution in [2.75, 3.05) is 31.1 Å². The van der Waals surface area contributed by atoms with Crippen molar-refractivity contribution in [1.29, 1.82) is 0 Å². The summed E-state index contributed by atoms with van der Waals surface area (Å²) in [4.78, 5) is 35.5. The fraction of sp³-hybridized carbons (Fsp3) is 0.455. The molecule has 1 aliphatic heterocycles. The van der Waals surface area contributed by atoms with Gasteiger partial charge < -0.3 is 24.4 Å². The van der Waals surface area contributed by atoms with Gasteiger partial charge in [-0.15, -0.1) is 0 Å². The van der Waals surface area contributed by atoms with E-state index < -0.39 is 23.6 Å². The van der Waals surface area contributed by atoms with Crippen molar-refractivity contribution in [3.8, 4) is 5.88 Å². The largest absolute Gasteiger partial charge is 0.473 e. The fourth-order valence-electron chi connectivity index (χ4n) is 3.30. The number of carbonyl (C=O) groups excluding carboxylic acids is 2. The van der Waals surface area contributed by atoms with Crippen LogP contribution in [0.5, 0.6) is 5.88 Å². The predicted octanol–water partition coefficient (Wildman–Crippen LogP) is 2.43. The molecule has 1 aliphatic rings. The van der Waals surface area contributed by atoms with Crippen molar-refractivity contribution in [3.05, 3.63) is 47.5 Å². The highest BCUT2D eigenvalue weighted by molar-refractivity contribution is 5.83. The van der Waals surface area contributed by atoms with Gasteiger partial charge in [0.2, 0.25) is 5.88 Å². The Kier molecular flexibility index (Phi) is 7.24. The summed E-state index contributed by atoms with van der Waals surface area (Å²) in [5.74, 6) is 0.0412. The van der Waals surface area contributed by atoms with Gasteiger partial charge >= 0.3 is 6.09 Å². The first-order chi connectivity index (χ1) is 15.2. The summed E-state index contributed by atoms with van der Waals surface area (Å²) in [7, 11) is 0. The molecule has 2 aromatic heterocycles. The highest BCUT2D eigenvalue weighted by Crippen LogP contribution is 2.26. The summed E-state index contributed by atoms with van der Waals surface area (Å²) >= 11 is 0. The number of pyridine rings is 2. The van der Waals surface area contributed by atoms with E-state index in [1.165, 1.54) is 23.2 Å². The number of piperazine rings is 1. The third-order valence-corrected chi connectivity index (χ3v) is 4.86. The van der Waals surface area contributed by atoms with E-state index >= 15 is 0 Å². The van der Waals surface area contributed by atoms with Gasteiger partial charge in [0.1, 0.15) is 23.8 Å². The first kappa shape index (κ1) is 23.4. The zero-order valence-corrected chi connectivity index (χ0v) is 18.3. The minimum absolute atomic E-state index is 0.0585. The van der Waals surface area contributed by atoms with Gasteiger partial charge in [0, 0.05) is 37.5 Å². The number of ether oxygens (including phenoxy) is 2. The maximum absolute atomic E-state index is 13.8. The highest BCUT2D eigenvalue weighted by Gasteiger charge is 2.33. The fourth-order valence-corrected chi connectivity index (χ4v) is 3.30. The monoisotopic (exact) mass is 446 g/mol. The van der Waals surface area contributed by atoms with Gasteiger partial charge in [0.15, 0.2) is 6.29 Å². The zero-order chi connectivity index (χ0) is 23.3. The number of halogens is 1. The normalized spacial score (nSPS) is 16.6. The summed E-state index contributed by atoms with van der Waals surface area (Å²) in [5, 5.41) is 9.95. The number of hydrogen-bond donors (Lipinski definition) is 1. The Hall–Kier alpha value is -3.27. The molecule has 1 atom stereocenters. The van der Waals surface area contributed by atoms with Gasteiger partial charge in [-0.25, -0.2) is 9.18 Å². The average Bonchev–Trinajstić information content (AvgIpc) is 2.76. The van der Waals surface area contributed by atoms with Gasteiger partial charge in [-0.2, -0.15) is 4.98 Å². The predicted molar refractivity (Wildman–Crippen MR) is 114 cm³/mol. The van der Waals surface area contributed by atoms with Crippen LogP contribution < -0.4 is 9.64 Å². The SMILES string of the molecule is CC(C)(C)OC(=O)N1CCN(c2nc(OCc3ccncc3F)ccc2C=O)C(CO)C1. The number of nitrogens with zero attached hydrogens (tertiary/aromatic N) is 4. The molecule has 0 bridgehead atoms. The molecule has 1 unspecified atom stereocenters. The van der Waals surface area contributed by atoms with E-state index in [9.17, 15) is 19.1 Å². The van der Waals surface area contributed by atoms with E-state index in [2.05, 4.69) is 9.97 Å². The van der Waals surface area contributed by atoms with E-state index in [1.807, 2.05) is 0 Å². The number of anilines is 1. The van der Waals surface area contributed by atoms with Crippen LogP contribution in [0.1, 0.15) is 36.7 Å². The summed E-state index contributed by atoms with van der Waals surface area (Å²) in [5.41, 5.74) is 0.00779. The lowest BCUT2D eigenvalue weighted by Crippen LogP contribution is -2.57. The lowest BCUT2D eigenvalue weighted by molar-refractivity contribution is 0.0196. The molecule has 0 spiro atoms. The van der Waals surface area contributed by atoms with Crippen LogP contribution in [0.3, 0.4) is 0 Å². The molecule has 0 aromatic carbocycles. The third-order valence-electron chi connectivity index (χ3n) is 4.86. The van der Waals surface area contributed by atoms with Crippen molar-refractivity contribution in [2.45, 2.75) is 39.0 Å². The first-order valence-corrected chi connectivity index (χ1v) is 10.2. The molecule has 1 saturated heterocycles. The van der Waals surface area contributed by atoms with Crippen LogP contribution in [0.15, 0.2) is 30.6 Å². The Bertz CT molecular complexity index is 966. The van der Waals surface area contributed by atoms with Crippen molar-refractivity contribution in [1.82, 2.24) is 14.9 Å². The Morgan fingerprint density at radius 2 is 2.09 bits per heavy atom. The lowest BCUT2D eigenvalue weighted by Gasteiger charge is -2.41. The van der Waals surface area contributed by atoms with E-state index in [0.29, 0.717) is 36.3 Å². The maximum atomic E-state index is 13.8. The summed E-state index contributed by atoms with van der Waals surface area (Å²) in [6.45, 7) is 5.92. The standard InChI is InChI=1S/C22H27FN4O5/c1-22(2,3)32-21(30)26-8-9-27(17(11-26)13-29)20-15(12-28)4-5-19(25-20)31-14-16-6-7-24-10-18(16)23/h4-7,10,12,17,29H,8-9,11,13-14H2,1-3H3. The van der Waals surface area contributed by atoms with Gasteiger partial charge in [-0.1, -0.05) is 0 Å². The first-order valence-electron chi connectivity index (χ1n) is 10.2. The topological polar surface area (TPSA) is 105 Å². The molecule has 3 heterocycles. The summed E-state index contributed by atoms with van der Waals surface area (Å²) in [6.07, 6.45) is 2.77. The number of aromatic nitrogens is 2. The number of aldehydes is 1. The number of aliphatic hydroxyl groups excluding tert-OH is 1.